The van der Waals surface area contributed by atoms with Crippen LogP contribution in [-0.2, 0) is 14.8 Å². The number of sulfonamides is 1. The first-order chi connectivity index (χ1) is 9.72. The summed E-state index contributed by atoms with van der Waals surface area (Å²) in [5.41, 5.74) is 1.83. The van der Waals surface area contributed by atoms with Crippen molar-refractivity contribution < 1.29 is 18.3 Å². The number of anilines is 1. The van der Waals surface area contributed by atoms with Crippen LogP contribution in [-0.4, -0.2) is 40.1 Å². The van der Waals surface area contributed by atoms with Gasteiger partial charge in [-0.15, -0.1) is 0 Å². The van der Waals surface area contributed by atoms with E-state index in [1.807, 2.05) is 25.9 Å². The molecule has 0 bridgehead atoms. The minimum absolute atomic E-state index is 0.101. The van der Waals surface area contributed by atoms with E-state index < -0.39 is 21.9 Å². The number of hydrogen-bond acceptors (Lipinski definition) is 4. The molecule has 116 valence electrons. The molecule has 1 aromatic carbocycles. The van der Waals surface area contributed by atoms with E-state index in [4.69, 9.17) is 5.11 Å². The Bertz CT molecular complexity index is 655. The van der Waals surface area contributed by atoms with Gasteiger partial charge >= 0.3 is 5.97 Å². The van der Waals surface area contributed by atoms with Crippen LogP contribution >= 0.6 is 0 Å². The van der Waals surface area contributed by atoms with Gasteiger partial charge in [-0.1, -0.05) is 6.07 Å². The predicted octanol–water partition coefficient (Wildman–Crippen LogP) is 1.06. The first-order valence-corrected chi connectivity index (χ1v) is 8.21. The molecule has 0 amide bonds. The Kier molecular flexibility index (Phi) is 4.25. The van der Waals surface area contributed by atoms with Gasteiger partial charge in [-0.25, -0.2) is 13.1 Å². The van der Waals surface area contributed by atoms with E-state index in [0.717, 1.165) is 11.3 Å². The van der Waals surface area contributed by atoms with Crippen molar-refractivity contribution in [3.63, 3.8) is 0 Å². The molecule has 1 saturated carbocycles. The molecule has 7 heteroatoms. The third kappa shape index (κ3) is 3.54. The fourth-order valence-corrected chi connectivity index (χ4v) is 3.43. The molecule has 0 spiro atoms. The summed E-state index contributed by atoms with van der Waals surface area (Å²) in [6.07, 6.45) is 0.536. The molecule has 1 aliphatic rings. The summed E-state index contributed by atoms with van der Waals surface area (Å²) in [6, 6.07) is 4.95. The van der Waals surface area contributed by atoms with Crippen molar-refractivity contribution in [3.05, 3.63) is 23.8 Å². The van der Waals surface area contributed by atoms with Crippen LogP contribution in [0.4, 0.5) is 5.69 Å². The lowest BCUT2D eigenvalue weighted by atomic mass is 10.2. The lowest BCUT2D eigenvalue weighted by Gasteiger charge is -2.17. The summed E-state index contributed by atoms with van der Waals surface area (Å²) in [6.45, 7) is 2.09. The molecule has 6 nitrogen and oxygen atoms in total. The lowest BCUT2D eigenvalue weighted by Crippen LogP contribution is -2.27. The molecule has 2 atom stereocenters. The maximum absolute atomic E-state index is 12.2. The Hall–Kier alpha value is -1.60. The van der Waals surface area contributed by atoms with Gasteiger partial charge in [0.25, 0.3) is 0 Å². The maximum atomic E-state index is 12.2. The van der Waals surface area contributed by atoms with E-state index in [1.54, 1.807) is 18.2 Å². The number of benzene rings is 1. The van der Waals surface area contributed by atoms with Crippen LogP contribution in [0.15, 0.2) is 23.1 Å². The van der Waals surface area contributed by atoms with Crippen LogP contribution < -0.4 is 9.62 Å². The van der Waals surface area contributed by atoms with Crippen LogP contribution in [0, 0.1) is 18.8 Å². The van der Waals surface area contributed by atoms with Crippen LogP contribution in [0.5, 0.6) is 0 Å². The quantitative estimate of drug-likeness (QED) is 0.820. The monoisotopic (exact) mass is 312 g/mol. The summed E-state index contributed by atoms with van der Waals surface area (Å²) in [4.78, 5) is 12.8. The number of nitrogens with one attached hydrogen (secondary N) is 1. The van der Waals surface area contributed by atoms with Crippen LogP contribution in [0.1, 0.15) is 12.0 Å². The van der Waals surface area contributed by atoms with Gasteiger partial charge in [0.05, 0.1) is 10.8 Å². The number of carboxylic acids is 1. The smallest absolute Gasteiger partial charge is 0.306 e. The molecule has 2 rings (SSSR count). The fourth-order valence-electron chi connectivity index (χ4n) is 2.31. The van der Waals surface area contributed by atoms with Crippen molar-refractivity contribution in [3.8, 4) is 0 Å². The van der Waals surface area contributed by atoms with Crippen molar-refractivity contribution in [2.24, 2.45) is 11.8 Å². The van der Waals surface area contributed by atoms with Crippen LogP contribution in [0.25, 0.3) is 0 Å². The SMILES string of the molecule is Cc1ccc(S(=O)(=O)NC[C@@H]2C[C@H]2C(=O)O)cc1N(C)C. The summed E-state index contributed by atoms with van der Waals surface area (Å²) in [5.74, 6) is -1.37. The Morgan fingerprint density at radius 1 is 1.43 bits per heavy atom. The van der Waals surface area contributed by atoms with Gasteiger partial charge in [0.2, 0.25) is 10.0 Å². The third-order valence-corrected chi connectivity index (χ3v) is 5.17. The fraction of sp³-hybridized carbons (Fsp3) is 0.500. The van der Waals surface area contributed by atoms with Gasteiger partial charge in [0, 0.05) is 26.3 Å². The Morgan fingerprint density at radius 2 is 2.10 bits per heavy atom. The normalized spacial score (nSPS) is 21.1. The zero-order chi connectivity index (χ0) is 15.8. The second-order valence-electron chi connectivity index (χ2n) is 5.64. The van der Waals surface area contributed by atoms with Crippen LogP contribution in [0.2, 0.25) is 0 Å². The van der Waals surface area contributed by atoms with E-state index in [9.17, 15) is 13.2 Å². The highest BCUT2D eigenvalue weighted by molar-refractivity contribution is 7.89. The highest BCUT2D eigenvalue weighted by atomic mass is 32.2. The number of carboxylic acid groups (broad SMARTS) is 1. The summed E-state index contributed by atoms with van der Waals surface area (Å²) in [7, 11) is 0.103. The molecule has 0 aliphatic heterocycles. The summed E-state index contributed by atoms with van der Waals surface area (Å²) in [5, 5.41) is 8.82. The zero-order valence-electron chi connectivity index (χ0n) is 12.3. The maximum Gasteiger partial charge on any atom is 0.306 e. The topological polar surface area (TPSA) is 86.7 Å². The van der Waals surface area contributed by atoms with Gasteiger partial charge in [-0.3, -0.25) is 4.79 Å². The summed E-state index contributed by atoms with van der Waals surface area (Å²) >= 11 is 0. The average molecular weight is 312 g/mol. The Balaban J connectivity index is 2.09. The first kappa shape index (κ1) is 15.8. The van der Waals surface area contributed by atoms with Gasteiger partial charge in [0.15, 0.2) is 0 Å². The van der Waals surface area contributed by atoms with E-state index in [0.29, 0.717) is 6.42 Å². The van der Waals surface area contributed by atoms with Crippen molar-refractivity contribution in [1.82, 2.24) is 4.72 Å². The lowest BCUT2D eigenvalue weighted by molar-refractivity contribution is -0.138. The zero-order valence-corrected chi connectivity index (χ0v) is 13.1. The molecule has 21 heavy (non-hydrogen) atoms. The number of aliphatic carboxylic acids is 1. The molecule has 0 heterocycles. The number of hydrogen-bond donors (Lipinski definition) is 2. The predicted molar refractivity (Wildman–Crippen MR) is 79.9 cm³/mol. The molecule has 2 N–H and O–H groups in total. The van der Waals surface area contributed by atoms with Crippen molar-refractivity contribution in [2.75, 3.05) is 25.5 Å². The molecule has 0 saturated heterocycles. The second kappa shape index (κ2) is 5.65. The Labute approximate surface area is 124 Å². The van der Waals surface area contributed by atoms with E-state index in [1.165, 1.54) is 0 Å². The average Bonchev–Trinajstić information content (AvgIpc) is 3.16. The molecule has 1 aliphatic carbocycles. The Morgan fingerprint density at radius 3 is 2.62 bits per heavy atom. The van der Waals surface area contributed by atoms with Crippen molar-refractivity contribution in [2.45, 2.75) is 18.2 Å². The number of rotatable bonds is 6. The molecule has 1 aromatic rings. The third-order valence-electron chi connectivity index (χ3n) is 3.75. The van der Waals surface area contributed by atoms with Gasteiger partial charge in [-0.05, 0) is 37.0 Å². The van der Waals surface area contributed by atoms with E-state index in [-0.39, 0.29) is 17.4 Å². The van der Waals surface area contributed by atoms with Gasteiger partial charge in [-0.2, -0.15) is 0 Å². The van der Waals surface area contributed by atoms with Crippen molar-refractivity contribution in [1.29, 1.82) is 0 Å². The van der Waals surface area contributed by atoms with Crippen molar-refractivity contribution >= 4 is 21.7 Å². The molecule has 0 unspecified atom stereocenters. The van der Waals surface area contributed by atoms with E-state index >= 15 is 0 Å². The first-order valence-electron chi connectivity index (χ1n) is 6.73. The van der Waals surface area contributed by atoms with Gasteiger partial charge in [0.1, 0.15) is 0 Å². The number of nitrogens with zero attached hydrogens (tertiary/aromatic N) is 1. The molecule has 0 radical (unpaired) electrons. The molecule has 1 fully saturated rings. The largest absolute Gasteiger partial charge is 0.481 e. The number of aryl methyl sites for hydroxylation is 1. The van der Waals surface area contributed by atoms with Gasteiger partial charge < -0.3 is 10.0 Å². The van der Waals surface area contributed by atoms with E-state index in [2.05, 4.69) is 4.72 Å². The second-order valence-corrected chi connectivity index (χ2v) is 7.40. The highest BCUT2D eigenvalue weighted by Crippen LogP contribution is 2.38. The molecular formula is C14H20N2O4S. The highest BCUT2D eigenvalue weighted by Gasteiger charge is 2.43. The summed E-state index contributed by atoms with van der Waals surface area (Å²) < 4.78 is 27.0. The molecular weight excluding hydrogens is 292 g/mol. The minimum atomic E-state index is -3.61. The minimum Gasteiger partial charge on any atom is -0.481 e. The van der Waals surface area contributed by atoms with Crippen LogP contribution in [0.3, 0.4) is 0 Å². The standard InChI is InChI=1S/C14H20N2O4S/c1-9-4-5-11(7-13(9)16(2)3)21(19,20)15-8-10-6-12(10)14(17)18/h4-5,7,10,12,15H,6,8H2,1-3H3,(H,17,18)/t10-,12+/m0/s1. The molecule has 0 aromatic heterocycles. The number of carbonyl (C=O) groups is 1.